The molecule has 0 radical (unpaired) electrons. The highest BCUT2D eigenvalue weighted by Crippen LogP contribution is 2.39. The number of aromatic carboxylic acids is 1. The van der Waals surface area contributed by atoms with Crippen LogP contribution in [0.15, 0.2) is 66.7 Å². The molecule has 2 heterocycles. The van der Waals surface area contributed by atoms with E-state index in [9.17, 15) is 19.5 Å². The van der Waals surface area contributed by atoms with E-state index >= 15 is 0 Å². The number of benzene rings is 3. The largest absolute Gasteiger partial charge is 0.478 e. The Hall–Kier alpha value is -4.51. The second kappa shape index (κ2) is 13.6. The van der Waals surface area contributed by atoms with Crippen LogP contribution in [0.3, 0.4) is 0 Å². The lowest BCUT2D eigenvalue weighted by Gasteiger charge is -2.30. The first-order chi connectivity index (χ1) is 20.8. The Labute approximate surface area is 250 Å². The molecular formula is C33H36N4O6. The summed E-state index contributed by atoms with van der Waals surface area (Å²) in [6.07, 6.45) is 3.24. The van der Waals surface area contributed by atoms with Crippen molar-refractivity contribution in [2.75, 3.05) is 44.0 Å². The number of nitrogens with one attached hydrogen (secondary N) is 3. The Bertz CT molecular complexity index is 1510. The van der Waals surface area contributed by atoms with Crippen LogP contribution >= 0.6 is 0 Å². The summed E-state index contributed by atoms with van der Waals surface area (Å²) in [7, 11) is 1.76. The van der Waals surface area contributed by atoms with Gasteiger partial charge >= 0.3 is 5.97 Å². The van der Waals surface area contributed by atoms with Gasteiger partial charge in [-0.15, -0.1) is 0 Å². The molecule has 224 valence electrons. The minimum Gasteiger partial charge on any atom is -0.478 e. The van der Waals surface area contributed by atoms with Crippen molar-refractivity contribution < 1.29 is 29.1 Å². The zero-order valence-corrected chi connectivity index (χ0v) is 24.3. The van der Waals surface area contributed by atoms with E-state index in [0.29, 0.717) is 52.0 Å². The third-order valence-corrected chi connectivity index (χ3v) is 7.82. The molecule has 2 aliphatic rings. The fraction of sp³-hybridized carbons (Fsp3) is 0.303. The topological polar surface area (TPSA) is 129 Å². The van der Waals surface area contributed by atoms with Gasteiger partial charge in [0.05, 0.1) is 35.2 Å². The van der Waals surface area contributed by atoms with Crippen molar-refractivity contribution >= 4 is 40.4 Å². The van der Waals surface area contributed by atoms with Gasteiger partial charge in [-0.25, -0.2) is 10.3 Å². The van der Waals surface area contributed by atoms with Crippen LogP contribution in [-0.4, -0.2) is 67.2 Å². The molecule has 0 saturated carbocycles. The van der Waals surface area contributed by atoms with Crippen LogP contribution in [0, 0.1) is 6.92 Å². The van der Waals surface area contributed by atoms with Crippen molar-refractivity contribution in [3.05, 3.63) is 94.5 Å². The van der Waals surface area contributed by atoms with Gasteiger partial charge in [0, 0.05) is 43.6 Å². The van der Waals surface area contributed by atoms with E-state index in [0.717, 1.165) is 44.5 Å². The molecule has 1 fully saturated rings. The third kappa shape index (κ3) is 7.11. The smallest absolute Gasteiger partial charge is 0.336 e. The van der Waals surface area contributed by atoms with Crippen LogP contribution in [0.1, 0.15) is 56.7 Å². The minimum atomic E-state index is -1.05. The molecule has 0 unspecified atom stereocenters. The second-order valence-corrected chi connectivity index (χ2v) is 10.7. The Kier molecular flexibility index (Phi) is 9.51. The zero-order valence-electron chi connectivity index (χ0n) is 24.3. The number of carboxylic acids is 1. The van der Waals surface area contributed by atoms with Crippen molar-refractivity contribution in [3.8, 4) is 0 Å². The van der Waals surface area contributed by atoms with Crippen molar-refractivity contribution in [1.82, 2.24) is 10.4 Å². The summed E-state index contributed by atoms with van der Waals surface area (Å²) in [6, 6.07) is 19.5. The molecule has 2 aliphatic heterocycles. The number of fused-ring (bicyclic) bond motifs is 1. The first kappa shape index (κ1) is 30.0. The number of rotatable bonds is 11. The Balaban J connectivity index is 1.25. The maximum atomic E-state index is 13.2. The summed E-state index contributed by atoms with van der Waals surface area (Å²) in [4.78, 5) is 45.3. The number of hydroxylamine groups is 1. The first-order valence-electron chi connectivity index (χ1n) is 14.4. The molecule has 3 aromatic carbocycles. The summed E-state index contributed by atoms with van der Waals surface area (Å²) in [5, 5.41) is 15.7. The number of hydrogen-bond donors (Lipinski definition) is 4. The van der Waals surface area contributed by atoms with Crippen LogP contribution in [0.5, 0.6) is 0 Å². The highest BCUT2D eigenvalue weighted by Gasteiger charge is 2.30. The van der Waals surface area contributed by atoms with Crippen LogP contribution in [0.25, 0.3) is 11.3 Å². The Morgan fingerprint density at radius 1 is 1.02 bits per heavy atom. The van der Waals surface area contributed by atoms with Gasteiger partial charge in [-0.2, -0.15) is 0 Å². The van der Waals surface area contributed by atoms with Gasteiger partial charge in [-0.1, -0.05) is 30.3 Å². The lowest BCUT2D eigenvalue weighted by Crippen LogP contribution is -2.37. The van der Waals surface area contributed by atoms with E-state index in [-0.39, 0.29) is 17.4 Å². The van der Waals surface area contributed by atoms with Gasteiger partial charge in [0.15, 0.2) is 0 Å². The number of carboxylic acid groups (broad SMARTS) is 1. The summed E-state index contributed by atoms with van der Waals surface area (Å²) >= 11 is 0. The number of carbonyl (C=O) groups excluding carboxylic acids is 2. The van der Waals surface area contributed by atoms with Gasteiger partial charge in [0.1, 0.15) is 0 Å². The summed E-state index contributed by atoms with van der Waals surface area (Å²) in [6.45, 7) is 5.06. The summed E-state index contributed by atoms with van der Waals surface area (Å²) in [5.74, 6) is -1.74. The number of carbonyl (C=O) groups is 3. The monoisotopic (exact) mass is 584 g/mol. The molecule has 0 aromatic heterocycles. The van der Waals surface area contributed by atoms with Crippen LogP contribution < -0.4 is 16.1 Å². The molecule has 1 saturated heterocycles. The number of likely N-dealkylation sites (tertiary alicyclic amines) is 1. The zero-order chi connectivity index (χ0) is 30.3. The van der Waals surface area contributed by atoms with Gasteiger partial charge in [0.2, 0.25) is 0 Å². The Morgan fingerprint density at radius 3 is 2.42 bits per heavy atom. The van der Waals surface area contributed by atoms with Crippen LogP contribution in [0.2, 0.25) is 0 Å². The summed E-state index contributed by atoms with van der Waals surface area (Å²) in [5.41, 5.74) is 7.11. The summed E-state index contributed by atoms with van der Waals surface area (Å²) < 4.78 is 5.41. The van der Waals surface area contributed by atoms with Gasteiger partial charge < -0.3 is 25.4 Å². The molecule has 43 heavy (non-hydrogen) atoms. The molecule has 0 bridgehead atoms. The number of aryl methyl sites for hydroxylation is 1. The fourth-order valence-corrected chi connectivity index (χ4v) is 5.44. The van der Waals surface area contributed by atoms with Crippen LogP contribution in [-0.2, 0) is 14.4 Å². The number of ether oxygens (including phenoxy) is 1. The van der Waals surface area contributed by atoms with E-state index in [1.54, 1.807) is 44.4 Å². The average molecular weight is 585 g/mol. The predicted molar refractivity (Wildman–Crippen MR) is 165 cm³/mol. The van der Waals surface area contributed by atoms with Crippen molar-refractivity contribution in [2.45, 2.75) is 32.3 Å². The van der Waals surface area contributed by atoms with Gasteiger partial charge in [-0.05, 0) is 73.7 Å². The first-order valence-corrected chi connectivity index (χ1v) is 14.4. The third-order valence-electron chi connectivity index (χ3n) is 7.82. The van der Waals surface area contributed by atoms with Crippen molar-refractivity contribution in [1.29, 1.82) is 0 Å². The van der Waals surface area contributed by atoms with E-state index in [2.05, 4.69) is 21.0 Å². The number of hydrogen-bond acceptors (Lipinski definition) is 7. The molecular weight excluding hydrogens is 548 g/mol. The van der Waals surface area contributed by atoms with Gasteiger partial charge in [-0.3, -0.25) is 14.4 Å². The molecule has 10 heteroatoms. The van der Waals surface area contributed by atoms with E-state index in [1.165, 1.54) is 6.07 Å². The lowest BCUT2D eigenvalue weighted by atomic mass is 9.96. The highest BCUT2D eigenvalue weighted by molar-refractivity contribution is 6.37. The number of nitrogens with zero attached hydrogens (tertiary/aromatic N) is 1. The molecule has 3 aromatic rings. The molecule has 10 nitrogen and oxygen atoms in total. The maximum Gasteiger partial charge on any atom is 0.336 e. The van der Waals surface area contributed by atoms with Gasteiger partial charge in [0.25, 0.3) is 11.8 Å². The van der Waals surface area contributed by atoms with E-state index in [4.69, 9.17) is 9.57 Å². The van der Waals surface area contributed by atoms with Crippen molar-refractivity contribution in [3.63, 3.8) is 0 Å². The SMILES string of the molecule is COC1CCN(CCCONC(=O)c2ccc(NC(=C3C(=O)Nc4cc(C(=O)O)c(C)cc43)c3ccccc3)cc2)CC1. The second-order valence-electron chi connectivity index (χ2n) is 10.7. The minimum absolute atomic E-state index is 0.134. The quantitative estimate of drug-likeness (QED) is 0.144. The standard InChI is InChI=1S/C33H36N4O6/c1-21-19-27-28(20-26(21)33(40)41)35-32(39)29(27)30(22-7-4-3-5-8-22)34-24-11-9-23(10-12-24)31(38)36-43-18-6-15-37-16-13-25(42-2)14-17-37/h3-5,7-12,19-20,25,34H,6,13-18H2,1-2H3,(H,35,39)(H,36,38)(H,40,41). The number of methoxy groups -OCH3 is 1. The Morgan fingerprint density at radius 2 is 1.74 bits per heavy atom. The van der Waals surface area contributed by atoms with E-state index in [1.807, 2.05) is 30.3 Å². The lowest BCUT2D eigenvalue weighted by molar-refractivity contribution is -0.110. The highest BCUT2D eigenvalue weighted by atomic mass is 16.6. The maximum absolute atomic E-state index is 13.2. The van der Waals surface area contributed by atoms with Crippen LogP contribution in [0.4, 0.5) is 11.4 Å². The molecule has 5 rings (SSSR count). The molecule has 0 aliphatic carbocycles. The average Bonchev–Trinajstić information content (AvgIpc) is 3.34. The predicted octanol–water partition coefficient (Wildman–Crippen LogP) is 4.79. The molecule has 4 N–H and O–H groups in total. The number of amides is 2. The normalized spacial score (nSPS) is 16.4. The molecule has 0 spiro atoms. The van der Waals surface area contributed by atoms with E-state index < -0.39 is 5.97 Å². The molecule has 0 atom stereocenters. The van der Waals surface area contributed by atoms with Crippen molar-refractivity contribution in [2.24, 2.45) is 0 Å². The molecule has 2 amide bonds. The number of piperidine rings is 1. The fourth-order valence-electron chi connectivity index (χ4n) is 5.44. The number of anilines is 2.